The van der Waals surface area contributed by atoms with E-state index in [0.717, 1.165) is 54.2 Å². The number of benzene rings is 2. The summed E-state index contributed by atoms with van der Waals surface area (Å²) in [5.74, 6) is 5.55. The Bertz CT molecular complexity index is 791. The number of nitrogens with one attached hydrogen (secondary N) is 1. The molecule has 4 fully saturated rings. The van der Waals surface area contributed by atoms with Gasteiger partial charge < -0.3 is 14.8 Å². The van der Waals surface area contributed by atoms with Gasteiger partial charge in [0.15, 0.2) is 11.5 Å². The van der Waals surface area contributed by atoms with Gasteiger partial charge in [0.1, 0.15) is 0 Å². The van der Waals surface area contributed by atoms with Crippen molar-refractivity contribution in [2.24, 2.45) is 23.7 Å². The molecule has 0 amide bonds. The van der Waals surface area contributed by atoms with E-state index in [1.807, 2.05) is 6.07 Å². The lowest BCUT2D eigenvalue weighted by Crippen LogP contribution is -2.54. The van der Waals surface area contributed by atoms with Crippen molar-refractivity contribution in [2.45, 2.75) is 51.1 Å². The highest BCUT2D eigenvalue weighted by Gasteiger charge is 2.47. The van der Waals surface area contributed by atoms with Gasteiger partial charge in [0.25, 0.3) is 0 Å². The zero-order valence-electron chi connectivity index (χ0n) is 17.5. The highest BCUT2D eigenvalue weighted by atomic mass is 16.5. The van der Waals surface area contributed by atoms with Gasteiger partial charge in [-0.3, -0.25) is 0 Å². The Balaban J connectivity index is 1.17. The van der Waals surface area contributed by atoms with E-state index in [2.05, 4.69) is 47.8 Å². The van der Waals surface area contributed by atoms with Gasteiger partial charge in [-0.25, -0.2) is 0 Å². The normalized spacial score (nSPS) is 29.8. The molecule has 4 bridgehead atoms. The summed E-state index contributed by atoms with van der Waals surface area (Å²) >= 11 is 0. The van der Waals surface area contributed by atoms with Gasteiger partial charge in [-0.1, -0.05) is 36.4 Å². The van der Waals surface area contributed by atoms with Crippen molar-refractivity contribution in [3.05, 3.63) is 59.7 Å². The predicted octanol–water partition coefficient (Wildman–Crippen LogP) is 5.23. The third-order valence-corrected chi connectivity index (χ3v) is 7.49. The van der Waals surface area contributed by atoms with Crippen LogP contribution in [0.2, 0.25) is 0 Å². The molecule has 2 aromatic carbocycles. The van der Waals surface area contributed by atoms with Crippen molar-refractivity contribution >= 4 is 0 Å². The van der Waals surface area contributed by atoms with E-state index in [1.54, 1.807) is 7.11 Å². The number of rotatable bonds is 8. The molecule has 6 rings (SSSR count). The van der Waals surface area contributed by atoms with Gasteiger partial charge in [0, 0.05) is 19.0 Å². The molecule has 2 aromatic rings. The monoisotopic (exact) mass is 391 g/mol. The van der Waals surface area contributed by atoms with Gasteiger partial charge in [-0.2, -0.15) is 0 Å². The average molecular weight is 392 g/mol. The summed E-state index contributed by atoms with van der Waals surface area (Å²) in [6.07, 6.45) is 8.26. The molecule has 0 radical (unpaired) electrons. The molecule has 4 aliphatic carbocycles. The maximum atomic E-state index is 6.01. The lowest BCUT2D eigenvalue weighted by Gasteiger charge is -2.54. The second kappa shape index (κ2) is 8.39. The van der Waals surface area contributed by atoms with E-state index >= 15 is 0 Å². The zero-order chi connectivity index (χ0) is 19.6. The fourth-order valence-corrected chi connectivity index (χ4v) is 6.36. The molecule has 4 aliphatic rings. The van der Waals surface area contributed by atoms with Crippen LogP contribution in [0.25, 0.3) is 0 Å². The highest BCUT2D eigenvalue weighted by molar-refractivity contribution is 5.43. The van der Waals surface area contributed by atoms with E-state index in [9.17, 15) is 0 Å². The third-order valence-electron chi connectivity index (χ3n) is 7.49. The maximum Gasteiger partial charge on any atom is 0.161 e. The van der Waals surface area contributed by atoms with Gasteiger partial charge in [0.05, 0.1) is 13.7 Å². The van der Waals surface area contributed by atoms with E-state index in [4.69, 9.17) is 9.47 Å². The summed E-state index contributed by atoms with van der Waals surface area (Å²) in [7, 11) is 1.73. The second-order valence-electron chi connectivity index (χ2n) is 9.41. The van der Waals surface area contributed by atoms with Crippen LogP contribution in [0.15, 0.2) is 48.5 Å². The standard InChI is InChI=1S/C26H33NO2/c1-28-25-16-19(7-8-24(25)29-10-9-18-5-3-2-4-6-18)17-27-26-22-12-20-11-21(14-22)15-23(26)13-20/h2-8,16,20-23,26-27H,9-15,17H2,1H3. The van der Waals surface area contributed by atoms with Crippen molar-refractivity contribution < 1.29 is 9.47 Å². The minimum Gasteiger partial charge on any atom is -0.493 e. The molecule has 0 aromatic heterocycles. The van der Waals surface area contributed by atoms with Crippen LogP contribution in [0.5, 0.6) is 11.5 Å². The quantitative estimate of drug-likeness (QED) is 0.668. The first kappa shape index (κ1) is 19.0. The van der Waals surface area contributed by atoms with Crippen LogP contribution in [0.4, 0.5) is 0 Å². The lowest BCUT2D eigenvalue weighted by atomic mass is 9.54. The number of hydrogen-bond donors (Lipinski definition) is 1. The summed E-state index contributed by atoms with van der Waals surface area (Å²) in [5.41, 5.74) is 2.58. The molecular formula is C26H33NO2. The first-order chi connectivity index (χ1) is 14.3. The second-order valence-corrected chi connectivity index (χ2v) is 9.41. The highest BCUT2D eigenvalue weighted by Crippen LogP contribution is 2.53. The number of hydrogen-bond acceptors (Lipinski definition) is 3. The Kier molecular flexibility index (Phi) is 5.50. The van der Waals surface area contributed by atoms with Gasteiger partial charge in [0.2, 0.25) is 0 Å². The molecular weight excluding hydrogens is 358 g/mol. The minimum absolute atomic E-state index is 0.658. The van der Waals surface area contributed by atoms with Crippen molar-refractivity contribution in [3.8, 4) is 11.5 Å². The Morgan fingerprint density at radius 2 is 1.55 bits per heavy atom. The van der Waals surface area contributed by atoms with Crippen LogP contribution in [-0.2, 0) is 13.0 Å². The van der Waals surface area contributed by atoms with E-state index in [-0.39, 0.29) is 0 Å². The van der Waals surface area contributed by atoms with E-state index in [1.165, 1.54) is 43.2 Å². The molecule has 0 aliphatic heterocycles. The first-order valence-electron chi connectivity index (χ1n) is 11.4. The van der Waals surface area contributed by atoms with Crippen molar-refractivity contribution in [1.29, 1.82) is 0 Å². The van der Waals surface area contributed by atoms with Crippen LogP contribution in [0.3, 0.4) is 0 Å². The molecule has 4 saturated carbocycles. The summed E-state index contributed by atoms with van der Waals surface area (Å²) < 4.78 is 11.6. The minimum atomic E-state index is 0.658. The van der Waals surface area contributed by atoms with Crippen molar-refractivity contribution in [2.75, 3.05) is 13.7 Å². The molecule has 3 nitrogen and oxygen atoms in total. The molecule has 0 unspecified atom stereocenters. The third kappa shape index (κ3) is 4.16. The molecule has 0 atom stereocenters. The van der Waals surface area contributed by atoms with E-state index in [0.29, 0.717) is 6.61 Å². The first-order valence-corrected chi connectivity index (χ1v) is 11.4. The fourth-order valence-electron chi connectivity index (χ4n) is 6.36. The smallest absolute Gasteiger partial charge is 0.161 e. The van der Waals surface area contributed by atoms with Crippen LogP contribution in [-0.4, -0.2) is 19.8 Å². The molecule has 0 spiro atoms. The average Bonchev–Trinajstić information content (AvgIpc) is 2.74. The van der Waals surface area contributed by atoms with E-state index < -0.39 is 0 Å². The van der Waals surface area contributed by atoms with Crippen LogP contribution in [0, 0.1) is 23.7 Å². The molecule has 0 heterocycles. The van der Waals surface area contributed by atoms with Crippen molar-refractivity contribution in [3.63, 3.8) is 0 Å². The molecule has 0 saturated heterocycles. The summed E-state index contributed by atoms with van der Waals surface area (Å²) in [6, 6.07) is 17.6. The Morgan fingerprint density at radius 3 is 2.24 bits per heavy atom. The van der Waals surface area contributed by atoms with Crippen LogP contribution < -0.4 is 14.8 Å². The number of methoxy groups -OCH3 is 1. The van der Waals surface area contributed by atoms with Crippen LogP contribution in [0.1, 0.15) is 43.2 Å². The van der Waals surface area contributed by atoms with Gasteiger partial charge >= 0.3 is 0 Å². The topological polar surface area (TPSA) is 30.5 Å². The Morgan fingerprint density at radius 1 is 0.828 bits per heavy atom. The fraction of sp³-hybridized carbons (Fsp3) is 0.538. The molecule has 3 heteroatoms. The Labute approximate surface area is 174 Å². The maximum absolute atomic E-state index is 6.01. The lowest BCUT2D eigenvalue weighted by molar-refractivity contribution is -0.0142. The summed E-state index contributed by atoms with van der Waals surface area (Å²) in [6.45, 7) is 1.58. The predicted molar refractivity (Wildman–Crippen MR) is 116 cm³/mol. The van der Waals surface area contributed by atoms with Gasteiger partial charge in [-0.05, 0) is 79.0 Å². The summed E-state index contributed by atoms with van der Waals surface area (Å²) in [5, 5.41) is 3.92. The molecule has 29 heavy (non-hydrogen) atoms. The van der Waals surface area contributed by atoms with Crippen molar-refractivity contribution in [1.82, 2.24) is 5.32 Å². The van der Waals surface area contributed by atoms with Crippen LogP contribution >= 0.6 is 0 Å². The molecule has 154 valence electrons. The Hall–Kier alpha value is -2.00. The van der Waals surface area contributed by atoms with Gasteiger partial charge in [-0.15, -0.1) is 0 Å². The molecule has 1 N–H and O–H groups in total. The number of ether oxygens (including phenoxy) is 2. The largest absolute Gasteiger partial charge is 0.493 e. The SMILES string of the molecule is COc1cc(CNC2C3CC4CC(C3)CC2C4)ccc1OCCc1ccccc1. The zero-order valence-corrected chi connectivity index (χ0v) is 17.5. The summed E-state index contributed by atoms with van der Waals surface area (Å²) in [4.78, 5) is 0.